The number of anilines is 3. The monoisotopic (exact) mass is 668 g/mol. The Balaban J connectivity index is 1.10. The molecule has 244 valence electrons. The van der Waals surface area contributed by atoms with E-state index in [-0.39, 0.29) is 0 Å². The molecule has 0 amide bonds. The third-order valence-electron chi connectivity index (χ3n) is 9.98. The maximum atomic E-state index is 6.57. The van der Waals surface area contributed by atoms with E-state index in [9.17, 15) is 0 Å². The van der Waals surface area contributed by atoms with Gasteiger partial charge in [-0.1, -0.05) is 109 Å². The third kappa shape index (κ3) is 4.38. The minimum atomic E-state index is 0.622. The van der Waals surface area contributed by atoms with Crippen molar-refractivity contribution < 1.29 is 9.47 Å². The molecule has 2 aliphatic rings. The molecule has 0 atom stereocenters. The van der Waals surface area contributed by atoms with Crippen LogP contribution in [0.15, 0.2) is 170 Å². The molecule has 0 unspecified atom stereocenters. The summed E-state index contributed by atoms with van der Waals surface area (Å²) >= 11 is 0. The lowest BCUT2D eigenvalue weighted by Crippen LogP contribution is -2.20. The normalized spacial score (nSPS) is 12.5. The van der Waals surface area contributed by atoms with Crippen LogP contribution < -0.4 is 14.4 Å². The van der Waals surface area contributed by atoms with E-state index in [1.54, 1.807) is 0 Å². The second kappa shape index (κ2) is 11.2. The number of hydrogen-bond donors (Lipinski definition) is 0. The molecule has 0 bridgehead atoms. The van der Waals surface area contributed by atoms with E-state index in [2.05, 4.69) is 107 Å². The molecule has 11 rings (SSSR count). The largest absolute Gasteiger partial charge is 0.453 e. The maximum absolute atomic E-state index is 6.57. The van der Waals surface area contributed by atoms with E-state index >= 15 is 0 Å². The first-order valence-corrected chi connectivity index (χ1v) is 17.3. The number of nitrogens with zero attached hydrogens (tertiary/aromatic N) is 4. The molecule has 2 aliphatic heterocycles. The van der Waals surface area contributed by atoms with Crippen molar-refractivity contribution in [2.75, 3.05) is 4.90 Å². The van der Waals surface area contributed by atoms with Gasteiger partial charge < -0.3 is 9.47 Å². The Morgan fingerprint density at radius 3 is 1.56 bits per heavy atom. The third-order valence-corrected chi connectivity index (χ3v) is 9.98. The second-order valence-electron chi connectivity index (χ2n) is 13.1. The number of fused-ring (bicyclic) bond motifs is 7. The number of ether oxygens (including phenoxy) is 2. The summed E-state index contributed by atoms with van der Waals surface area (Å²) in [6, 6.07) is 58.3. The van der Waals surface area contributed by atoms with Crippen molar-refractivity contribution in [1.29, 1.82) is 0 Å². The van der Waals surface area contributed by atoms with Crippen molar-refractivity contribution in [3.05, 3.63) is 170 Å². The van der Waals surface area contributed by atoms with Crippen molar-refractivity contribution in [3.63, 3.8) is 0 Å². The molecule has 6 heteroatoms. The lowest BCUT2D eigenvalue weighted by Gasteiger charge is -2.38. The van der Waals surface area contributed by atoms with Crippen molar-refractivity contribution in [1.82, 2.24) is 14.5 Å². The molecule has 9 aromatic rings. The molecule has 7 aromatic carbocycles. The van der Waals surface area contributed by atoms with Crippen LogP contribution in [-0.2, 0) is 0 Å². The molecule has 2 aromatic heterocycles. The Morgan fingerprint density at radius 2 is 0.923 bits per heavy atom. The van der Waals surface area contributed by atoms with Gasteiger partial charge in [0.1, 0.15) is 5.69 Å². The Bertz CT molecular complexity index is 2740. The summed E-state index contributed by atoms with van der Waals surface area (Å²) in [6.45, 7) is 0. The van der Waals surface area contributed by atoms with Crippen LogP contribution in [0.4, 0.5) is 17.1 Å². The topological polar surface area (TPSA) is 52.4 Å². The molecule has 0 fully saturated rings. The van der Waals surface area contributed by atoms with Gasteiger partial charge in [0.15, 0.2) is 23.0 Å². The zero-order chi connectivity index (χ0) is 34.2. The fourth-order valence-electron chi connectivity index (χ4n) is 7.60. The zero-order valence-electron chi connectivity index (χ0n) is 27.8. The van der Waals surface area contributed by atoms with Gasteiger partial charge in [-0.3, -0.25) is 9.47 Å². The Labute approximate surface area is 299 Å². The van der Waals surface area contributed by atoms with Crippen molar-refractivity contribution in [2.24, 2.45) is 0 Å². The van der Waals surface area contributed by atoms with Gasteiger partial charge in [0, 0.05) is 21.9 Å². The van der Waals surface area contributed by atoms with Gasteiger partial charge in [-0.15, -0.1) is 0 Å². The molecule has 0 aliphatic carbocycles. The summed E-state index contributed by atoms with van der Waals surface area (Å²) < 4.78 is 15.3. The SMILES string of the molecule is c1ccc(-c2cc(-c3ccccc3)nc(-n3c4ccccc4c4cc(-c5cc6c7c(c5)Oc5ccccc5N7c5ccccc5O6)ccc43)n2)cc1. The minimum Gasteiger partial charge on any atom is -0.453 e. The van der Waals surface area contributed by atoms with E-state index in [1.165, 1.54) is 0 Å². The lowest BCUT2D eigenvalue weighted by molar-refractivity contribution is 0.446. The zero-order valence-corrected chi connectivity index (χ0v) is 27.8. The first-order chi connectivity index (χ1) is 25.8. The summed E-state index contributed by atoms with van der Waals surface area (Å²) in [6.07, 6.45) is 0. The smallest absolute Gasteiger partial charge is 0.235 e. The predicted molar refractivity (Wildman–Crippen MR) is 208 cm³/mol. The van der Waals surface area contributed by atoms with E-state index in [4.69, 9.17) is 19.4 Å². The Morgan fingerprint density at radius 1 is 0.385 bits per heavy atom. The molecule has 0 saturated carbocycles. The summed E-state index contributed by atoms with van der Waals surface area (Å²) in [5.74, 6) is 3.74. The molecule has 52 heavy (non-hydrogen) atoms. The molecule has 0 radical (unpaired) electrons. The molecule has 4 heterocycles. The number of rotatable bonds is 4. The van der Waals surface area contributed by atoms with Gasteiger partial charge in [-0.25, -0.2) is 9.97 Å². The summed E-state index contributed by atoms with van der Waals surface area (Å²) in [4.78, 5) is 12.6. The highest BCUT2D eigenvalue weighted by molar-refractivity contribution is 6.10. The lowest BCUT2D eigenvalue weighted by atomic mass is 9.99. The van der Waals surface area contributed by atoms with Gasteiger partial charge in [0.05, 0.1) is 33.8 Å². The average molecular weight is 669 g/mol. The number of hydrogen-bond acceptors (Lipinski definition) is 5. The second-order valence-corrected chi connectivity index (χ2v) is 13.1. The molecular formula is C46H28N4O2. The van der Waals surface area contributed by atoms with Gasteiger partial charge in [-0.05, 0) is 71.8 Å². The first-order valence-electron chi connectivity index (χ1n) is 17.3. The highest BCUT2D eigenvalue weighted by Crippen LogP contribution is 2.60. The number of benzene rings is 7. The Kier molecular flexibility index (Phi) is 6.15. The average Bonchev–Trinajstić information content (AvgIpc) is 3.55. The van der Waals surface area contributed by atoms with Crippen LogP contribution in [0.3, 0.4) is 0 Å². The van der Waals surface area contributed by atoms with E-state index < -0.39 is 0 Å². The van der Waals surface area contributed by atoms with Crippen molar-refractivity contribution >= 4 is 38.9 Å². The fraction of sp³-hybridized carbons (Fsp3) is 0. The number of para-hydroxylation sites is 5. The van der Waals surface area contributed by atoms with Gasteiger partial charge in [0.2, 0.25) is 5.95 Å². The molecule has 0 saturated heterocycles. The van der Waals surface area contributed by atoms with Crippen molar-refractivity contribution in [2.45, 2.75) is 0 Å². The molecule has 0 spiro atoms. The molecular weight excluding hydrogens is 641 g/mol. The standard InChI is InChI=1S/C46H28N4O2/c1-3-13-29(14-4-1)35-28-36(30-15-5-2-6-16-30)48-46(47-35)50-37-18-8-7-17-33(37)34-25-31(23-24-38(34)50)32-26-43-45-44(27-32)52-42-22-12-10-20-40(42)49(45)39-19-9-11-21-41(39)51-43/h1-28H. The number of aromatic nitrogens is 3. The van der Waals surface area contributed by atoms with Crippen LogP contribution >= 0.6 is 0 Å². The van der Waals surface area contributed by atoms with Crippen LogP contribution in [0.1, 0.15) is 0 Å². The van der Waals surface area contributed by atoms with E-state index in [0.29, 0.717) is 5.95 Å². The predicted octanol–water partition coefficient (Wildman–Crippen LogP) is 12.3. The highest BCUT2D eigenvalue weighted by Gasteiger charge is 2.35. The summed E-state index contributed by atoms with van der Waals surface area (Å²) in [5, 5.41) is 2.23. The van der Waals surface area contributed by atoms with Crippen LogP contribution in [0.25, 0.3) is 61.4 Å². The fourth-order valence-corrected chi connectivity index (χ4v) is 7.60. The van der Waals surface area contributed by atoms with E-state index in [0.717, 1.165) is 95.5 Å². The quantitative estimate of drug-likeness (QED) is 0.187. The Hall–Kier alpha value is -7.18. The van der Waals surface area contributed by atoms with Gasteiger partial charge >= 0.3 is 0 Å². The molecule has 6 nitrogen and oxygen atoms in total. The van der Waals surface area contributed by atoms with Crippen molar-refractivity contribution in [3.8, 4) is 62.6 Å². The van der Waals surface area contributed by atoms with Crippen LogP contribution in [0, 0.1) is 0 Å². The summed E-state index contributed by atoms with van der Waals surface area (Å²) in [7, 11) is 0. The summed E-state index contributed by atoms with van der Waals surface area (Å²) in [5.41, 5.74) is 10.8. The highest BCUT2D eigenvalue weighted by atomic mass is 16.5. The minimum absolute atomic E-state index is 0.622. The van der Waals surface area contributed by atoms with Crippen LogP contribution in [0.2, 0.25) is 0 Å². The van der Waals surface area contributed by atoms with Crippen LogP contribution in [0.5, 0.6) is 23.0 Å². The van der Waals surface area contributed by atoms with E-state index in [1.807, 2.05) is 72.8 Å². The van der Waals surface area contributed by atoms with Crippen LogP contribution in [-0.4, -0.2) is 14.5 Å². The van der Waals surface area contributed by atoms with Gasteiger partial charge in [0.25, 0.3) is 0 Å². The van der Waals surface area contributed by atoms with Gasteiger partial charge in [-0.2, -0.15) is 0 Å². The maximum Gasteiger partial charge on any atom is 0.235 e. The molecule has 0 N–H and O–H groups in total. The first kappa shape index (κ1) is 28.6.